The predicted octanol–water partition coefficient (Wildman–Crippen LogP) is 5.10. The number of carboxylic acid groups (broad SMARTS) is 1. The van der Waals surface area contributed by atoms with E-state index >= 15 is 0 Å². The molecule has 0 aromatic heterocycles. The van der Waals surface area contributed by atoms with Crippen molar-refractivity contribution >= 4 is 17.9 Å². The van der Waals surface area contributed by atoms with Crippen molar-refractivity contribution in [3.63, 3.8) is 0 Å². The number of anilines is 1. The highest BCUT2D eigenvalue weighted by atomic mass is 16.4. The van der Waals surface area contributed by atoms with Crippen molar-refractivity contribution in [1.29, 1.82) is 0 Å². The quantitative estimate of drug-likeness (QED) is 0.175. The summed E-state index contributed by atoms with van der Waals surface area (Å²) >= 11 is 0. The minimum Gasteiger partial charge on any atom is -0.481 e. The maximum atomic E-state index is 11.2. The van der Waals surface area contributed by atoms with Crippen LogP contribution in [0.15, 0.2) is 51.4 Å². The Hall–Kier alpha value is -2.90. The highest BCUT2D eigenvalue weighted by Crippen LogP contribution is 2.21. The van der Waals surface area contributed by atoms with Crippen LogP contribution < -0.4 is 5.32 Å². The lowest BCUT2D eigenvalue weighted by molar-refractivity contribution is -0.136. The molecule has 0 aliphatic carbocycles. The maximum Gasteiger partial charge on any atom is 0.307 e. The number of hydrazone groups is 1. The van der Waals surface area contributed by atoms with Gasteiger partial charge in [0.05, 0.1) is 12.5 Å². The number of carboxylic acids is 1. The molecule has 0 amide bonds. The summed E-state index contributed by atoms with van der Waals surface area (Å²) in [6.07, 6.45) is 4.67. The number of rotatable bonds is 14. The Bertz CT molecular complexity index is 823. The minimum absolute atomic E-state index is 0.00779. The van der Waals surface area contributed by atoms with Crippen LogP contribution in [0.5, 0.6) is 0 Å². The van der Waals surface area contributed by atoms with E-state index in [9.17, 15) is 9.90 Å². The molecule has 0 spiro atoms. The zero-order valence-electron chi connectivity index (χ0n) is 21.5. The number of hydrogen-bond donors (Lipinski definition) is 2. The second kappa shape index (κ2) is 14.3. The minimum atomic E-state index is -0.839. The van der Waals surface area contributed by atoms with Gasteiger partial charge in [-0.1, -0.05) is 42.0 Å². The molecule has 2 unspecified atom stereocenters. The van der Waals surface area contributed by atoms with Crippen LogP contribution in [0.1, 0.15) is 53.5 Å². The first-order valence-electron chi connectivity index (χ1n) is 11.6. The lowest BCUT2D eigenvalue weighted by Crippen LogP contribution is -2.35. The Kier molecular flexibility index (Phi) is 12.2. The molecule has 33 heavy (non-hydrogen) atoms. The molecule has 0 saturated carbocycles. The smallest absolute Gasteiger partial charge is 0.307 e. The summed E-state index contributed by atoms with van der Waals surface area (Å²) in [5.41, 5.74) is 2.83. The number of allylic oxidation sites excluding steroid dienone is 1. The summed E-state index contributed by atoms with van der Waals surface area (Å²) in [6.45, 7) is 13.1. The number of benzene rings is 1. The summed E-state index contributed by atoms with van der Waals surface area (Å²) < 4.78 is 0. The van der Waals surface area contributed by atoms with Crippen LogP contribution in [0.2, 0.25) is 0 Å². The van der Waals surface area contributed by atoms with Gasteiger partial charge in [-0.2, -0.15) is 10.2 Å². The van der Waals surface area contributed by atoms with Gasteiger partial charge in [-0.3, -0.25) is 14.8 Å². The van der Waals surface area contributed by atoms with Gasteiger partial charge < -0.3 is 10.4 Å². The molecule has 0 heterocycles. The first-order chi connectivity index (χ1) is 15.6. The third-order valence-corrected chi connectivity index (χ3v) is 6.23. The van der Waals surface area contributed by atoms with Crippen molar-refractivity contribution in [3.8, 4) is 0 Å². The van der Waals surface area contributed by atoms with Gasteiger partial charge in [0.25, 0.3) is 0 Å². The lowest BCUT2D eigenvalue weighted by atomic mass is 9.96. The van der Waals surface area contributed by atoms with Gasteiger partial charge in [-0.15, -0.1) is 0 Å². The molecule has 0 aliphatic rings. The third-order valence-electron chi connectivity index (χ3n) is 6.23. The number of para-hydroxylation sites is 1. The van der Waals surface area contributed by atoms with Crippen LogP contribution >= 0.6 is 0 Å². The van der Waals surface area contributed by atoms with Crippen LogP contribution in [-0.4, -0.2) is 66.1 Å². The first-order valence-corrected chi connectivity index (χ1v) is 11.6. The number of carbonyl (C=O) groups is 1. The van der Waals surface area contributed by atoms with E-state index in [1.807, 2.05) is 62.2 Å². The Morgan fingerprint density at radius 1 is 1.18 bits per heavy atom. The normalized spacial score (nSPS) is 15.9. The largest absolute Gasteiger partial charge is 0.481 e. The molecule has 2 N–H and O–H groups in total. The molecule has 0 radical (unpaired) electrons. The van der Waals surface area contributed by atoms with Crippen molar-refractivity contribution in [1.82, 2.24) is 10.0 Å². The third kappa shape index (κ3) is 9.63. The number of aliphatic carboxylic acids is 1. The second-order valence-electron chi connectivity index (χ2n) is 8.62. The van der Waals surface area contributed by atoms with Crippen LogP contribution in [0.25, 0.3) is 0 Å². The Morgan fingerprint density at radius 2 is 1.85 bits per heavy atom. The van der Waals surface area contributed by atoms with Crippen molar-refractivity contribution in [2.75, 3.05) is 26.0 Å². The van der Waals surface area contributed by atoms with Gasteiger partial charge in [0.2, 0.25) is 0 Å². The lowest BCUT2D eigenvalue weighted by Gasteiger charge is -2.29. The van der Waals surface area contributed by atoms with Gasteiger partial charge in [-0.05, 0) is 52.7 Å². The van der Waals surface area contributed by atoms with E-state index in [1.165, 1.54) is 5.57 Å². The number of nitrogens with zero attached hydrogens (tertiary/aromatic N) is 5. The fourth-order valence-electron chi connectivity index (χ4n) is 3.45. The van der Waals surface area contributed by atoms with Crippen LogP contribution in [0, 0.1) is 5.92 Å². The van der Waals surface area contributed by atoms with Gasteiger partial charge in [-0.25, -0.2) is 0 Å². The second-order valence-corrected chi connectivity index (χ2v) is 8.62. The van der Waals surface area contributed by atoms with Crippen LogP contribution in [-0.2, 0) is 11.2 Å². The van der Waals surface area contributed by atoms with Crippen molar-refractivity contribution in [3.05, 3.63) is 41.5 Å². The van der Waals surface area contributed by atoms with Crippen molar-refractivity contribution in [2.45, 2.75) is 72.5 Å². The van der Waals surface area contributed by atoms with E-state index in [0.717, 1.165) is 17.7 Å². The zero-order valence-corrected chi connectivity index (χ0v) is 21.5. The molecule has 8 heteroatoms. The summed E-state index contributed by atoms with van der Waals surface area (Å²) in [5.74, 6) is -0.546. The molecule has 0 bridgehead atoms. The Morgan fingerprint density at radius 3 is 2.45 bits per heavy atom. The summed E-state index contributed by atoms with van der Waals surface area (Å²) in [5, 5.41) is 29.9. The maximum absolute atomic E-state index is 11.2. The topological polar surface area (TPSA) is 92.9 Å². The van der Waals surface area contributed by atoms with Crippen molar-refractivity contribution < 1.29 is 9.90 Å². The van der Waals surface area contributed by atoms with E-state index in [4.69, 9.17) is 0 Å². The van der Waals surface area contributed by atoms with E-state index in [2.05, 4.69) is 54.5 Å². The van der Waals surface area contributed by atoms with Gasteiger partial charge in [0, 0.05) is 50.5 Å². The van der Waals surface area contributed by atoms with E-state index in [-0.39, 0.29) is 24.5 Å². The number of nitrogens with one attached hydrogen (secondary N) is 1. The number of hydrogen-bond acceptors (Lipinski definition) is 6. The molecule has 4 atom stereocenters. The van der Waals surface area contributed by atoms with Crippen LogP contribution in [0.4, 0.5) is 5.69 Å². The molecule has 0 aliphatic heterocycles. The molecular weight excluding hydrogens is 416 g/mol. The summed E-state index contributed by atoms with van der Waals surface area (Å²) in [7, 11) is 3.90. The molecule has 0 fully saturated rings. The van der Waals surface area contributed by atoms with Gasteiger partial charge >= 0.3 is 5.97 Å². The highest BCUT2D eigenvalue weighted by Gasteiger charge is 2.22. The first kappa shape index (κ1) is 28.1. The molecule has 1 rings (SSSR count). The van der Waals surface area contributed by atoms with Gasteiger partial charge in [0.1, 0.15) is 0 Å². The highest BCUT2D eigenvalue weighted by molar-refractivity contribution is 5.73. The molecule has 0 saturated heterocycles. The molecule has 1 aromatic rings. The fourth-order valence-corrected chi connectivity index (χ4v) is 3.45. The Labute approximate surface area is 199 Å². The predicted molar refractivity (Wildman–Crippen MR) is 137 cm³/mol. The molecular formula is C25H42N6O2. The summed E-state index contributed by atoms with van der Waals surface area (Å²) in [6, 6.07) is 7.95. The monoisotopic (exact) mass is 458 g/mol. The van der Waals surface area contributed by atoms with Gasteiger partial charge in [0.15, 0.2) is 0 Å². The molecule has 184 valence electrons. The van der Waals surface area contributed by atoms with Crippen molar-refractivity contribution in [2.24, 2.45) is 21.4 Å². The molecule has 1 aromatic carbocycles. The average Bonchev–Trinajstić information content (AvgIpc) is 2.79. The van der Waals surface area contributed by atoms with E-state index in [0.29, 0.717) is 12.5 Å². The zero-order chi connectivity index (χ0) is 25.0. The van der Waals surface area contributed by atoms with E-state index < -0.39 is 5.97 Å². The Balaban J connectivity index is 2.77. The molecule has 8 nitrogen and oxygen atoms in total. The SMILES string of the molecule is C/C=N\N(C)[C@@H](C)[C@H](C)C(C)N=NN(C)CCC(Nc1ccccc1CC(=O)O)/C(C)=C/C. The average molecular weight is 459 g/mol. The standard InChI is InChI=1S/C25H42N6O2/c1-9-18(3)23(27-24-14-12-11-13-22(24)17-25(32)33)15-16-30(7)29-28-20(5)19(4)21(6)31(8)26-10-2/h9-14,19-21,23,27H,15-17H2,1-8H3,(H,32,33)/b18-9+,26-10-,29-28?/t19-,20?,21+,23?/m1/s1. The van der Waals surface area contributed by atoms with Crippen LogP contribution in [0.3, 0.4) is 0 Å². The summed E-state index contributed by atoms with van der Waals surface area (Å²) in [4.78, 5) is 11.2. The fraction of sp³-hybridized carbons (Fsp3) is 0.600. The van der Waals surface area contributed by atoms with E-state index in [1.54, 1.807) is 6.21 Å².